The molecule has 0 aliphatic rings. The smallest absolute Gasteiger partial charge is 0.338 e. The molecule has 5 nitrogen and oxygen atoms in total. The zero-order valence-corrected chi connectivity index (χ0v) is 11.1. The van der Waals surface area contributed by atoms with Gasteiger partial charge in [-0.25, -0.2) is 4.79 Å². The van der Waals surface area contributed by atoms with Crippen molar-refractivity contribution in [3.05, 3.63) is 41.5 Å². The fourth-order valence-corrected chi connectivity index (χ4v) is 1.31. The van der Waals surface area contributed by atoms with Crippen molar-refractivity contribution in [1.29, 1.82) is 10.5 Å². The van der Waals surface area contributed by atoms with Crippen molar-refractivity contribution < 1.29 is 14.3 Å². The van der Waals surface area contributed by atoms with E-state index in [4.69, 9.17) is 20.0 Å². The predicted molar refractivity (Wildman–Crippen MR) is 72.6 cm³/mol. The molecule has 0 saturated heterocycles. The first-order chi connectivity index (χ1) is 9.51. The Morgan fingerprint density at radius 2 is 1.95 bits per heavy atom. The third-order valence-electron chi connectivity index (χ3n) is 2.29. The van der Waals surface area contributed by atoms with Crippen LogP contribution in [0.4, 0.5) is 0 Å². The van der Waals surface area contributed by atoms with E-state index in [0.717, 1.165) is 0 Å². The highest BCUT2D eigenvalue weighted by molar-refractivity contribution is 5.89. The minimum atomic E-state index is -0.579. The fourth-order valence-electron chi connectivity index (χ4n) is 1.31. The average Bonchev–Trinajstić information content (AvgIpc) is 2.44. The van der Waals surface area contributed by atoms with Gasteiger partial charge in [0.15, 0.2) is 11.5 Å². The Labute approximate surface area is 117 Å². The summed E-state index contributed by atoms with van der Waals surface area (Å²) in [4.78, 5) is 11.5. The van der Waals surface area contributed by atoms with Crippen LogP contribution in [-0.2, 0) is 4.79 Å². The zero-order chi connectivity index (χ0) is 15.1. The Bertz CT molecular complexity index is 645. The van der Waals surface area contributed by atoms with Gasteiger partial charge in [-0.3, -0.25) is 0 Å². The van der Waals surface area contributed by atoms with Gasteiger partial charge in [-0.1, -0.05) is 12.6 Å². The Hall–Kier alpha value is -3.05. The van der Waals surface area contributed by atoms with Crippen LogP contribution >= 0.6 is 0 Å². The van der Waals surface area contributed by atoms with Crippen LogP contribution in [-0.4, -0.2) is 13.1 Å². The number of methoxy groups -OCH3 is 1. The first-order valence-corrected chi connectivity index (χ1v) is 5.59. The number of hydrogen-bond acceptors (Lipinski definition) is 5. The molecule has 1 aromatic rings. The number of carbonyl (C=O) groups is 1. The van der Waals surface area contributed by atoms with E-state index in [1.165, 1.54) is 26.2 Å². The lowest BCUT2D eigenvalue weighted by molar-refractivity contribution is -0.130. The molecule has 1 aromatic carbocycles. The fraction of sp³-hybridized carbons (Fsp3) is 0.133. The van der Waals surface area contributed by atoms with Gasteiger partial charge in [0.25, 0.3) is 0 Å². The summed E-state index contributed by atoms with van der Waals surface area (Å²) in [7, 11) is 1.44. The van der Waals surface area contributed by atoms with Gasteiger partial charge in [0, 0.05) is 5.57 Å². The summed E-state index contributed by atoms with van der Waals surface area (Å²) in [5.74, 6) is -0.0121. The number of benzene rings is 1. The summed E-state index contributed by atoms with van der Waals surface area (Å²) in [6.45, 7) is 5.02. The van der Waals surface area contributed by atoms with Crippen LogP contribution < -0.4 is 9.47 Å². The van der Waals surface area contributed by atoms with Crippen molar-refractivity contribution in [2.24, 2.45) is 0 Å². The minimum Gasteiger partial charge on any atom is -0.493 e. The maximum atomic E-state index is 11.5. The Kier molecular flexibility index (Phi) is 5.08. The van der Waals surface area contributed by atoms with Gasteiger partial charge >= 0.3 is 5.97 Å². The lowest BCUT2D eigenvalue weighted by atomic mass is 10.1. The van der Waals surface area contributed by atoms with Crippen LogP contribution in [0, 0.1) is 22.7 Å². The van der Waals surface area contributed by atoms with Gasteiger partial charge in [-0.15, -0.1) is 0 Å². The topological polar surface area (TPSA) is 83.1 Å². The standard InChI is InChI=1S/C15H12N2O3/c1-10(2)15(18)20-14-7-11(4-5-13(14)19-3)6-12(8-16)9-17/h4-7H,1H2,2-3H3. The van der Waals surface area contributed by atoms with Gasteiger partial charge in [0.2, 0.25) is 0 Å². The molecule has 0 bridgehead atoms. The third kappa shape index (κ3) is 3.72. The first kappa shape index (κ1) is 15.0. The van der Waals surface area contributed by atoms with Crippen LogP contribution in [0.3, 0.4) is 0 Å². The molecule has 0 N–H and O–H groups in total. The normalized spacial score (nSPS) is 8.80. The van der Waals surface area contributed by atoms with Gasteiger partial charge in [0.05, 0.1) is 7.11 Å². The Morgan fingerprint density at radius 3 is 2.45 bits per heavy atom. The van der Waals surface area contributed by atoms with Crippen molar-refractivity contribution in [2.45, 2.75) is 6.92 Å². The van der Waals surface area contributed by atoms with E-state index < -0.39 is 5.97 Å². The Balaban J connectivity index is 3.20. The van der Waals surface area contributed by atoms with Crippen molar-refractivity contribution >= 4 is 12.0 Å². The van der Waals surface area contributed by atoms with Crippen LogP contribution in [0.2, 0.25) is 0 Å². The minimum absolute atomic E-state index is 0.0488. The summed E-state index contributed by atoms with van der Waals surface area (Å²) in [5, 5.41) is 17.4. The van der Waals surface area contributed by atoms with Crippen molar-refractivity contribution in [2.75, 3.05) is 7.11 Å². The lowest BCUT2D eigenvalue weighted by Gasteiger charge is -2.09. The molecule has 0 aromatic heterocycles. The zero-order valence-electron chi connectivity index (χ0n) is 11.1. The van der Waals surface area contributed by atoms with E-state index in [1.807, 2.05) is 0 Å². The molecule has 0 spiro atoms. The maximum Gasteiger partial charge on any atom is 0.338 e. The molecule has 0 saturated carbocycles. The lowest BCUT2D eigenvalue weighted by Crippen LogP contribution is -2.09. The maximum absolute atomic E-state index is 11.5. The summed E-state index contributed by atoms with van der Waals surface area (Å²) >= 11 is 0. The monoisotopic (exact) mass is 268 g/mol. The molecular formula is C15H12N2O3. The highest BCUT2D eigenvalue weighted by atomic mass is 16.6. The number of ether oxygens (including phenoxy) is 2. The summed E-state index contributed by atoms with van der Waals surface area (Å²) < 4.78 is 10.2. The number of hydrogen-bond donors (Lipinski definition) is 0. The molecular weight excluding hydrogens is 256 g/mol. The van der Waals surface area contributed by atoms with E-state index in [2.05, 4.69) is 6.58 Å². The molecule has 0 aliphatic carbocycles. The number of carbonyl (C=O) groups excluding carboxylic acids is 1. The Morgan fingerprint density at radius 1 is 1.30 bits per heavy atom. The van der Waals surface area contributed by atoms with E-state index in [0.29, 0.717) is 11.3 Å². The molecule has 0 atom stereocenters. The number of nitrogens with zero attached hydrogens (tertiary/aromatic N) is 2. The van der Waals surface area contributed by atoms with Crippen LogP contribution in [0.25, 0.3) is 6.08 Å². The molecule has 0 heterocycles. The molecule has 100 valence electrons. The summed E-state index contributed by atoms with van der Waals surface area (Å²) in [5.41, 5.74) is 0.753. The van der Waals surface area contributed by atoms with Crippen LogP contribution in [0.1, 0.15) is 12.5 Å². The van der Waals surface area contributed by atoms with E-state index in [-0.39, 0.29) is 16.9 Å². The largest absolute Gasteiger partial charge is 0.493 e. The van der Waals surface area contributed by atoms with Crippen molar-refractivity contribution in [1.82, 2.24) is 0 Å². The SMILES string of the molecule is C=C(C)C(=O)Oc1cc(C=C(C#N)C#N)ccc1OC. The van der Waals surface area contributed by atoms with Gasteiger partial charge in [-0.2, -0.15) is 10.5 Å². The molecule has 0 aliphatic heterocycles. The molecule has 0 unspecified atom stereocenters. The molecule has 0 fully saturated rings. The number of esters is 1. The molecule has 0 amide bonds. The van der Waals surface area contributed by atoms with Crippen molar-refractivity contribution in [3.8, 4) is 23.6 Å². The second-order valence-electron chi connectivity index (χ2n) is 3.86. The van der Waals surface area contributed by atoms with E-state index in [1.54, 1.807) is 24.3 Å². The van der Waals surface area contributed by atoms with Crippen molar-refractivity contribution in [3.63, 3.8) is 0 Å². The van der Waals surface area contributed by atoms with Crippen LogP contribution in [0.15, 0.2) is 35.9 Å². The molecule has 0 radical (unpaired) electrons. The highest BCUT2D eigenvalue weighted by Gasteiger charge is 2.11. The first-order valence-electron chi connectivity index (χ1n) is 5.59. The third-order valence-corrected chi connectivity index (χ3v) is 2.29. The number of allylic oxidation sites excluding steroid dienone is 1. The predicted octanol–water partition coefficient (Wildman–Crippen LogP) is 2.61. The van der Waals surface area contributed by atoms with E-state index in [9.17, 15) is 4.79 Å². The second kappa shape index (κ2) is 6.77. The summed E-state index contributed by atoms with van der Waals surface area (Å²) in [6, 6.07) is 8.24. The average molecular weight is 268 g/mol. The van der Waals surface area contributed by atoms with Gasteiger partial charge in [-0.05, 0) is 30.7 Å². The summed E-state index contributed by atoms with van der Waals surface area (Å²) in [6.07, 6.45) is 1.39. The van der Waals surface area contributed by atoms with Gasteiger partial charge < -0.3 is 9.47 Å². The second-order valence-corrected chi connectivity index (χ2v) is 3.86. The van der Waals surface area contributed by atoms with Gasteiger partial charge in [0.1, 0.15) is 17.7 Å². The number of nitriles is 2. The van der Waals surface area contributed by atoms with Crippen LogP contribution in [0.5, 0.6) is 11.5 Å². The number of rotatable bonds is 4. The molecule has 20 heavy (non-hydrogen) atoms. The van der Waals surface area contributed by atoms with E-state index >= 15 is 0 Å². The highest BCUT2D eigenvalue weighted by Crippen LogP contribution is 2.29. The quantitative estimate of drug-likeness (QED) is 0.363. The molecule has 5 heteroatoms. The molecule has 1 rings (SSSR count).